The van der Waals surface area contributed by atoms with Crippen LogP contribution in [0.4, 0.5) is 0 Å². The lowest BCUT2D eigenvalue weighted by Gasteiger charge is -2.34. The summed E-state index contributed by atoms with van der Waals surface area (Å²) in [6.07, 6.45) is 2.41. The predicted octanol–water partition coefficient (Wildman–Crippen LogP) is 1.67. The number of piperazine rings is 1. The van der Waals surface area contributed by atoms with Crippen LogP contribution in [0.15, 0.2) is 76.8 Å². The molecule has 1 aliphatic rings. The first-order valence-corrected chi connectivity index (χ1v) is 12.2. The van der Waals surface area contributed by atoms with E-state index >= 15 is 0 Å². The summed E-state index contributed by atoms with van der Waals surface area (Å²) in [5.41, 5.74) is 1.16. The molecule has 2 heterocycles. The van der Waals surface area contributed by atoms with Crippen LogP contribution in [-0.2, 0) is 24.4 Å². The van der Waals surface area contributed by atoms with Crippen molar-refractivity contribution in [2.75, 3.05) is 39.3 Å². The standard InChI is InChI=1S/C27H33N5O3/c1-2-14-31-23-11-6-7-12-24(23)32(27(35)26(31)34)21-25(33)28-13-8-15-29-16-18-30(19-17-29)20-22-9-4-3-5-10-22/h2-7,9-12H,1,8,13-21H2,(H,28,33). The summed E-state index contributed by atoms with van der Waals surface area (Å²) >= 11 is 0. The molecule has 8 nitrogen and oxygen atoms in total. The van der Waals surface area contributed by atoms with E-state index in [1.807, 2.05) is 6.07 Å². The molecule has 35 heavy (non-hydrogen) atoms. The minimum atomic E-state index is -0.700. The fraction of sp³-hybridized carbons (Fsp3) is 0.370. The topological polar surface area (TPSA) is 79.6 Å². The van der Waals surface area contributed by atoms with Crippen molar-refractivity contribution < 1.29 is 4.79 Å². The van der Waals surface area contributed by atoms with Gasteiger partial charge in [0.15, 0.2) is 0 Å². The Hall–Kier alpha value is -3.49. The molecular formula is C27H33N5O3. The Labute approximate surface area is 205 Å². The van der Waals surface area contributed by atoms with E-state index in [1.165, 1.54) is 14.7 Å². The number of nitrogens with one attached hydrogen (secondary N) is 1. The summed E-state index contributed by atoms with van der Waals surface area (Å²) in [5, 5.41) is 2.90. The van der Waals surface area contributed by atoms with Crippen LogP contribution in [0.1, 0.15) is 12.0 Å². The second-order valence-electron chi connectivity index (χ2n) is 8.89. The van der Waals surface area contributed by atoms with Gasteiger partial charge in [-0.15, -0.1) is 6.58 Å². The van der Waals surface area contributed by atoms with Crippen LogP contribution < -0.4 is 16.4 Å². The third kappa shape index (κ3) is 6.15. The highest BCUT2D eigenvalue weighted by Crippen LogP contribution is 2.11. The lowest BCUT2D eigenvalue weighted by molar-refractivity contribution is -0.121. The number of carbonyl (C=O) groups excluding carboxylic acids is 1. The molecule has 1 saturated heterocycles. The molecule has 2 aromatic carbocycles. The number of nitrogens with zero attached hydrogens (tertiary/aromatic N) is 4. The van der Waals surface area contributed by atoms with Gasteiger partial charge in [-0.3, -0.25) is 28.4 Å². The molecule has 0 radical (unpaired) electrons. The highest BCUT2D eigenvalue weighted by molar-refractivity contribution is 5.80. The summed E-state index contributed by atoms with van der Waals surface area (Å²) in [5.74, 6) is -0.272. The van der Waals surface area contributed by atoms with Gasteiger partial charge in [-0.2, -0.15) is 0 Å². The lowest BCUT2D eigenvalue weighted by Crippen LogP contribution is -2.46. The van der Waals surface area contributed by atoms with Crippen LogP contribution in [0.5, 0.6) is 0 Å². The van der Waals surface area contributed by atoms with Crippen molar-refractivity contribution in [1.82, 2.24) is 24.3 Å². The Kier molecular flexibility index (Phi) is 8.28. The van der Waals surface area contributed by atoms with Gasteiger partial charge in [0.05, 0.1) is 11.0 Å². The average molecular weight is 476 g/mol. The number of hydrogen-bond acceptors (Lipinski definition) is 5. The molecule has 0 saturated carbocycles. The van der Waals surface area contributed by atoms with Crippen molar-refractivity contribution >= 4 is 16.9 Å². The Bertz CT molecular complexity index is 1270. The summed E-state index contributed by atoms with van der Waals surface area (Å²) in [7, 11) is 0. The van der Waals surface area contributed by atoms with Crippen LogP contribution in [0.2, 0.25) is 0 Å². The maximum Gasteiger partial charge on any atom is 0.317 e. The quantitative estimate of drug-likeness (QED) is 0.274. The lowest BCUT2D eigenvalue weighted by atomic mass is 10.2. The van der Waals surface area contributed by atoms with Crippen molar-refractivity contribution in [1.29, 1.82) is 0 Å². The van der Waals surface area contributed by atoms with Gasteiger partial charge in [-0.25, -0.2) is 0 Å². The highest BCUT2D eigenvalue weighted by Gasteiger charge is 2.17. The largest absolute Gasteiger partial charge is 0.355 e. The van der Waals surface area contributed by atoms with Gasteiger partial charge in [-0.05, 0) is 30.7 Å². The summed E-state index contributed by atoms with van der Waals surface area (Å²) < 4.78 is 2.65. The van der Waals surface area contributed by atoms with Gasteiger partial charge in [0.25, 0.3) is 0 Å². The van der Waals surface area contributed by atoms with E-state index in [0.717, 1.165) is 45.7 Å². The first-order chi connectivity index (χ1) is 17.1. The third-order valence-electron chi connectivity index (χ3n) is 6.44. The SMILES string of the molecule is C=CCn1c(=O)c(=O)n(CC(=O)NCCCN2CCN(Cc3ccccc3)CC2)c2ccccc21. The molecule has 8 heteroatoms. The van der Waals surface area contributed by atoms with Crippen LogP contribution in [-0.4, -0.2) is 64.1 Å². The second-order valence-corrected chi connectivity index (χ2v) is 8.89. The number of rotatable bonds is 10. The zero-order chi connectivity index (χ0) is 24.6. The molecule has 1 aliphatic heterocycles. The number of allylic oxidation sites excluding steroid dienone is 1. The van der Waals surface area contributed by atoms with Gasteiger partial charge >= 0.3 is 11.1 Å². The maximum atomic E-state index is 12.7. The Morgan fingerprint density at radius 1 is 0.857 bits per heavy atom. The minimum Gasteiger partial charge on any atom is -0.355 e. The Balaban J connectivity index is 1.25. The number of fused-ring (bicyclic) bond motifs is 1. The molecule has 1 amide bonds. The number of carbonyl (C=O) groups is 1. The number of amides is 1. The van der Waals surface area contributed by atoms with Crippen LogP contribution >= 0.6 is 0 Å². The molecule has 0 unspecified atom stereocenters. The predicted molar refractivity (Wildman–Crippen MR) is 138 cm³/mol. The van der Waals surface area contributed by atoms with Crippen LogP contribution in [0, 0.1) is 0 Å². The van der Waals surface area contributed by atoms with E-state index in [2.05, 4.69) is 46.0 Å². The van der Waals surface area contributed by atoms with Gasteiger partial charge in [-0.1, -0.05) is 48.5 Å². The van der Waals surface area contributed by atoms with Gasteiger partial charge < -0.3 is 10.2 Å². The minimum absolute atomic E-state index is 0.179. The fourth-order valence-corrected chi connectivity index (χ4v) is 4.58. The van der Waals surface area contributed by atoms with Gasteiger partial charge in [0.1, 0.15) is 6.54 Å². The van der Waals surface area contributed by atoms with E-state index in [4.69, 9.17) is 0 Å². The zero-order valence-corrected chi connectivity index (χ0v) is 20.1. The summed E-state index contributed by atoms with van der Waals surface area (Å²) in [6, 6.07) is 17.6. The molecular weight excluding hydrogens is 442 g/mol. The van der Waals surface area contributed by atoms with Crippen molar-refractivity contribution in [3.8, 4) is 0 Å². The Morgan fingerprint density at radius 2 is 1.46 bits per heavy atom. The van der Waals surface area contributed by atoms with Gasteiger partial charge in [0.2, 0.25) is 5.91 Å². The van der Waals surface area contributed by atoms with Crippen molar-refractivity contribution in [3.05, 3.63) is 93.5 Å². The monoisotopic (exact) mass is 475 g/mol. The molecule has 0 bridgehead atoms. The number of hydrogen-bond donors (Lipinski definition) is 1. The van der Waals surface area contributed by atoms with Crippen molar-refractivity contribution in [3.63, 3.8) is 0 Å². The third-order valence-corrected chi connectivity index (χ3v) is 6.44. The molecule has 4 rings (SSSR count). The maximum absolute atomic E-state index is 12.7. The molecule has 0 atom stereocenters. The van der Waals surface area contributed by atoms with Gasteiger partial charge in [0, 0.05) is 45.8 Å². The number of benzene rings is 2. The molecule has 1 aromatic heterocycles. The van der Waals surface area contributed by atoms with Crippen molar-refractivity contribution in [2.24, 2.45) is 0 Å². The fourth-order valence-electron chi connectivity index (χ4n) is 4.58. The van der Waals surface area contributed by atoms with Crippen LogP contribution in [0.25, 0.3) is 11.0 Å². The van der Waals surface area contributed by atoms with E-state index in [1.54, 1.807) is 30.3 Å². The molecule has 0 aliphatic carbocycles. The van der Waals surface area contributed by atoms with E-state index in [0.29, 0.717) is 17.6 Å². The average Bonchev–Trinajstić information content (AvgIpc) is 2.88. The molecule has 184 valence electrons. The van der Waals surface area contributed by atoms with E-state index in [-0.39, 0.29) is 19.0 Å². The van der Waals surface area contributed by atoms with E-state index in [9.17, 15) is 14.4 Å². The Morgan fingerprint density at radius 3 is 2.14 bits per heavy atom. The smallest absolute Gasteiger partial charge is 0.317 e. The first kappa shape index (κ1) is 24.6. The summed E-state index contributed by atoms with van der Waals surface area (Å²) in [4.78, 5) is 42.7. The normalized spacial score (nSPS) is 14.7. The van der Waals surface area contributed by atoms with Crippen molar-refractivity contribution in [2.45, 2.75) is 26.1 Å². The number of aromatic nitrogens is 2. The van der Waals surface area contributed by atoms with E-state index < -0.39 is 11.1 Å². The molecule has 3 aromatic rings. The molecule has 1 fully saturated rings. The van der Waals surface area contributed by atoms with Crippen LogP contribution in [0.3, 0.4) is 0 Å². The first-order valence-electron chi connectivity index (χ1n) is 12.2. The molecule has 0 spiro atoms. The highest BCUT2D eigenvalue weighted by atomic mass is 16.2. The molecule has 1 N–H and O–H groups in total. The summed E-state index contributed by atoms with van der Waals surface area (Å²) in [6.45, 7) is 10.3. The number of para-hydroxylation sites is 2. The second kappa shape index (κ2) is 11.8. The zero-order valence-electron chi connectivity index (χ0n) is 20.1.